The van der Waals surface area contributed by atoms with E-state index in [1.165, 1.54) is 22.5 Å². The Hall–Kier alpha value is -1.79. The Morgan fingerprint density at radius 1 is 0.844 bits per heavy atom. The number of piperazine rings is 1. The van der Waals surface area contributed by atoms with Crippen molar-refractivity contribution >= 4 is 29.7 Å². The molecule has 2 aromatic rings. The van der Waals surface area contributed by atoms with Crippen molar-refractivity contribution in [1.29, 1.82) is 0 Å². The van der Waals surface area contributed by atoms with Gasteiger partial charge >= 0.3 is 0 Å². The van der Waals surface area contributed by atoms with E-state index in [4.69, 9.17) is 0 Å². The van der Waals surface area contributed by atoms with Crippen molar-refractivity contribution in [2.75, 3.05) is 37.7 Å². The Morgan fingerprint density at radius 3 is 2.12 bits per heavy atom. The van der Waals surface area contributed by atoms with Crippen LogP contribution in [-0.4, -0.2) is 77.4 Å². The molecule has 2 aliphatic heterocycles. The highest BCUT2D eigenvalue weighted by atomic mass is 32.2. The van der Waals surface area contributed by atoms with Gasteiger partial charge in [-0.15, -0.1) is 0 Å². The molecule has 32 heavy (non-hydrogen) atoms. The fraction of sp³-hybridized carbons (Fsp3) is 0.429. The van der Waals surface area contributed by atoms with Crippen LogP contribution in [0.3, 0.4) is 0 Å². The van der Waals surface area contributed by atoms with Crippen LogP contribution in [0.15, 0.2) is 64.4 Å². The zero-order valence-electron chi connectivity index (χ0n) is 17.5. The molecule has 0 unspecified atom stereocenters. The summed E-state index contributed by atoms with van der Waals surface area (Å²) >= 11 is 0. The Bertz CT molecular complexity index is 1280. The van der Waals surface area contributed by atoms with E-state index >= 15 is 0 Å². The van der Waals surface area contributed by atoms with Gasteiger partial charge in [-0.2, -0.15) is 4.31 Å². The van der Waals surface area contributed by atoms with Crippen molar-refractivity contribution in [1.82, 2.24) is 9.21 Å². The van der Waals surface area contributed by atoms with E-state index in [-0.39, 0.29) is 22.0 Å². The first-order valence-electron chi connectivity index (χ1n) is 10.4. The summed E-state index contributed by atoms with van der Waals surface area (Å²) in [5, 5.41) is -1.04. The molecular formula is C21H26N2O6S3. The quantitative estimate of drug-likeness (QED) is 0.588. The minimum atomic E-state index is -3.94. The summed E-state index contributed by atoms with van der Waals surface area (Å²) in [7, 11) is -11.2. The zero-order chi connectivity index (χ0) is 23.0. The number of benzene rings is 2. The van der Waals surface area contributed by atoms with Gasteiger partial charge in [0.1, 0.15) is 0 Å². The normalized spacial score (nSPS) is 22.7. The van der Waals surface area contributed by atoms with Crippen LogP contribution >= 0.6 is 0 Å². The lowest BCUT2D eigenvalue weighted by Gasteiger charge is -2.34. The van der Waals surface area contributed by atoms with E-state index in [2.05, 4.69) is 4.90 Å². The molecule has 0 amide bonds. The van der Waals surface area contributed by atoms with Crippen molar-refractivity contribution in [3.63, 3.8) is 0 Å². The van der Waals surface area contributed by atoms with Crippen LogP contribution in [0.1, 0.15) is 12.0 Å². The lowest BCUT2D eigenvalue weighted by Crippen LogP contribution is -2.48. The molecule has 2 heterocycles. The topological polar surface area (TPSA) is 109 Å². The first-order valence-corrected chi connectivity index (χ1v) is 15.2. The maximum atomic E-state index is 13.2. The van der Waals surface area contributed by atoms with Gasteiger partial charge in [-0.05, 0) is 30.2 Å². The molecule has 8 nitrogen and oxygen atoms in total. The van der Waals surface area contributed by atoms with Crippen LogP contribution in [0.2, 0.25) is 0 Å². The van der Waals surface area contributed by atoms with E-state index in [0.717, 1.165) is 18.2 Å². The molecule has 2 saturated heterocycles. The van der Waals surface area contributed by atoms with E-state index in [1.807, 2.05) is 30.3 Å². The molecule has 174 valence electrons. The van der Waals surface area contributed by atoms with Crippen molar-refractivity contribution in [3.05, 3.63) is 60.2 Å². The Kier molecular flexibility index (Phi) is 6.47. The van der Waals surface area contributed by atoms with Crippen molar-refractivity contribution < 1.29 is 25.3 Å². The number of rotatable bonds is 6. The largest absolute Gasteiger partial charge is 0.296 e. The number of hydrogen-bond acceptors (Lipinski definition) is 7. The molecule has 1 atom stereocenters. The highest BCUT2D eigenvalue weighted by molar-refractivity contribution is 7.96. The summed E-state index contributed by atoms with van der Waals surface area (Å²) in [6, 6.07) is 15.2. The molecule has 0 spiro atoms. The molecule has 2 fully saturated rings. The van der Waals surface area contributed by atoms with Crippen LogP contribution in [-0.2, 0) is 36.2 Å². The molecule has 0 aliphatic carbocycles. The van der Waals surface area contributed by atoms with Crippen LogP contribution in [0.4, 0.5) is 0 Å². The first kappa shape index (κ1) is 23.4. The van der Waals surface area contributed by atoms with E-state index in [9.17, 15) is 25.3 Å². The van der Waals surface area contributed by atoms with Gasteiger partial charge in [-0.3, -0.25) is 4.90 Å². The molecule has 0 saturated carbocycles. The van der Waals surface area contributed by atoms with Crippen LogP contribution < -0.4 is 0 Å². The summed E-state index contributed by atoms with van der Waals surface area (Å²) < 4.78 is 77.0. The third-order valence-electron chi connectivity index (χ3n) is 5.98. The van der Waals surface area contributed by atoms with Crippen LogP contribution in [0, 0.1) is 0 Å². The third-order valence-corrected chi connectivity index (χ3v) is 12.0. The van der Waals surface area contributed by atoms with Gasteiger partial charge in [0, 0.05) is 32.7 Å². The second kappa shape index (κ2) is 8.86. The fourth-order valence-electron chi connectivity index (χ4n) is 4.13. The van der Waals surface area contributed by atoms with Gasteiger partial charge in [-0.25, -0.2) is 25.3 Å². The molecule has 0 bridgehead atoms. The van der Waals surface area contributed by atoms with E-state index < -0.39 is 40.7 Å². The molecule has 11 heteroatoms. The fourth-order valence-corrected chi connectivity index (χ4v) is 10.1. The second-order valence-corrected chi connectivity index (χ2v) is 14.6. The van der Waals surface area contributed by atoms with E-state index in [1.54, 1.807) is 0 Å². The monoisotopic (exact) mass is 498 g/mol. The molecule has 0 aromatic heterocycles. The number of hydrogen-bond donors (Lipinski definition) is 0. The Balaban J connectivity index is 1.48. The number of sulfonamides is 1. The minimum absolute atomic E-state index is 0.0328. The Labute approximate surface area is 189 Å². The van der Waals surface area contributed by atoms with Gasteiger partial charge < -0.3 is 0 Å². The molecular weight excluding hydrogens is 472 g/mol. The average Bonchev–Trinajstić information content (AvgIpc) is 3.15. The minimum Gasteiger partial charge on any atom is -0.296 e. The van der Waals surface area contributed by atoms with Crippen molar-refractivity contribution in [2.45, 2.75) is 28.0 Å². The lowest BCUT2D eigenvalue weighted by molar-refractivity contribution is 0.181. The van der Waals surface area contributed by atoms with E-state index in [0.29, 0.717) is 26.2 Å². The predicted molar refractivity (Wildman–Crippen MR) is 121 cm³/mol. The van der Waals surface area contributed by atoms with Gasteiger partial charge in [0.25, 0.3) is 0 Å². The number of sulfone groups is 2. The summed E-state index contributed by atoms with van der Waals surface area (Å²) in [4.78, 5) is 1.95. The third kappa shape index (κ3) is 4.91. The average molecular weight is 499 g/mol. The summed E-state index contributed by atoms with van der Waals surface area (Å²) in [5.41, 5.74) is 1.16. The zero-order valence-corrected chi connectivity index (χ0v) is 19.9. The first-order chi connectivity index (χ1) is 15.1. The molecule has 2 aliphatic rings. The van der Waals surface area contributed by atoms with Gasteiger partial charge in [0.15, 0.2) is 19.7 Å². The van der Waals surface area contributed by atoms with Crippen molar-refractivity contribution in [3.8, 4) is 0 Å². The number of nitrogens with zero attached hydrogens (tertiary/aromatic N) is 2. The summed E-state index contributed by atoms with van der Waals surface area (Å²) in [6.07, 6.45) is 0.0328. The molecule has 0 radical (unpaired) electrons. The van der Waals surface area contributed by atoms with Crippen LogP contribution in [0.25, 0.3) is 0 Å². The van der Waals surface area contributed by atoms with Gasteiger partial charge in [0.05, 0.1) is 26.5 Å². The highest BCUT2D eigenvalue weighted by Crippen LogP contribution is 2.28. The van der Waals surface area contributed by atoms with Crippen LogP contribution in [0.5, 0.6) is 0 Å². The smallest absolute Gasteiger partial charge is 0.243 e. The van der Waals surface area contributed by atoms with Crippen molar-refractivity contribution in [2.24, 2.45) is 0 Å². The SMILES string of the molecule is O=S1(=O)CC[C@H](S(=O)(=O)c2cccc(S(=O)(=O)N3CCN(Cc4ccccc4)CC3)c2)C1. The molecule has 2 aromatic carbocycles. The summed E-state index contributed by atoms with van der Waals surface area (Å²) in [5.74, 6) is -0.585. The molecule has 4 rings (SSSR count). The van der Waals surface area contributed by atoms with Gasteiger partial charge in [-0.1, -0.05) is 36.4 Å². The predicted octanol–water partition coefficient (Wildman–Crippen LogP) is 1.15. The Morgan fingerprint density at radius 2 is 1.50 bits per heavy atom. The maximum absolute atomic E-state index is 13.2. The lowest BCUT2D eigenvalue weighted by atomic mass is 10.2. The molecule has 0 N–H and O–H groups in total. The maximum Gasteiger partial charge on any atom is 0.243 e. The highest BCUT2D eigenvalue weighted by Gasteiger charge is 2.38. The second-order valence-electron chi connectivity index (χ2n) is 8.21. The summed E-state index contributed by atoms with van der Waals surface area (Å²) in [6.45, 7) is 2.52. The standard InChI is InChI=1S/C21H26N2O6S3/c24-30(25)14-9-21(17-30)31(26,27)19-7-4-8-20(15-19)32(28,29)23-12-10-22(11-13-23)16-18-5-2-1-3-6-18/h1-8,15,21H,9-14,16-17H2/t21-/m0/s1. The van der Waals surface area contributed by atoms with Gasteiger partial charge in [0.2, 0.25) is 10.0 Å².